The van der Waals surface area contributed by atoms with Gasteiger partial charge in [0.2, 0.25) is 0 Å². The van der Waals surface area contributed by atoms with Crippen LogP contribution in [0.5, 0.6) is 0 Å². The van der Waals surface area contributed by atoms with Gasteiger partial charge in [-0.15, -0.1) is 0 Å². The predicted octanol–water partition coefficient (Wildman–Crippen LogP) is 1.93. The summed E-state index contributed by atoms with van der Waals surface area (Å²) in [6, 6.07) is 0. The third-order valence-corrected chi connectivity index (χ3v) is 1.68. The number of carbonyl (C=O) groups excluding carboxylic acids is 1. The van der Waals surface area contributed by atoms with E-state index in [1.165, 1.54) is 12.8 Å². The van der Waals surface area contributed by atoms with Crippen molar-refractivity contribution in [1.29, 1.82) is 0 Å². The topological polar surface area (TPSA) is 17.1 Å². The van der Waals surface area contributed by atoms with E-state index in [0.29, 0.717) is 11.7 Å². The maximum atomic E-state index is 10.6. The minimum Gasteiger partial charge on any atom is -0.295 e. The monoisotopic (exact) mass is 124 g/mol. The molecular formula is C8H12O. The highest BCUT2D eigenvalue weighted by molar-refractivity contribution is 5.92. The number of allylic oxidation sites excluding steroid dienone is 2. The Morgan fingerprint density at radius 1 is 1.78 bits per heavy atom. The third kappa shape index (κ3) is 1.67. The van der Waals surface area contributed by atoms with E-state index in [9.17, 15) is 4.79 Å². The summed E-state index contributed by atoms with van der Waals surface area (Å²) in [7, 11) is 0. The average Bonchev–Trinajstić information content (AvgIpc) is 2.17. The largest absolute Gasteiger partial charge is 0.295 e. The van der Waals surface area contributed by atoms with Crippen molar-refractivity contribution in [1.82, 2.24) is 0 Å². The van der Waals surface area contributed by atoms with Crippen LogP contribution < -0.4 is 0 Å². The van der Waals surface area contributed by atoms with Crippen molar-refractivity contribution in [3.05, 3.63) is 12.2 Å². The number of ketones is 1. The molecule has 1 nitrogen and oxygen atoms in total. The molecule has 1 rings (SSSR count). The van der Waals surface area contributed by atoms with E-state index in [0.717, 1.165) is 6.42 Å². The van der Waals surface area contributed by atoms with Gasteiger partial charge in [0, 0.05) is 6.42 Å². The molecule has 0 N–H and O–H groups in total. The minimum absolute atomic E-state index is 0.299. The van der Waals surface area contributed by atoms with Crippen LogP contribution in [0.25, 0.3) is 0 Å². The van der Waals surface area contributed by atoms with Crippen molar-refractivity contribution < 1.29 is 4.79 Å². The maximum Gasteiger partial charge on any atom is 0.155 e. The van der Waals surface area contributed by atoms with E-state index in [1.54, 1.807) is 6.08 Å². The summed E-state index contributed by atoms with van der Waals surface area (Å²) in [6.07, 6.45) is 6.85. The average molecular weight is 124 g/mol. The first-order valence-electron chi connectivity index (χ1n) is 3.54. The molecule has 50 valence electrons. The minimum atomic E-state index is 0.299. The highest BCUT2D eigenvalue weighted by Crippen LogP contribution is 2.18. The first-order chi connectivity index (χ1) is 4.33. The maximum absolute atomic E-state index is 10.6. The number of hydrogen-bond donors (Lipinski definition) is 0. The lowest BCUT2D eigenvalue weighted by Gasteiger charge is -2.00. The molecule has 1 aliphatic rings. The normalized spacial score (nSPS) is 25.4. The molecule has 0 amide bonds. The Kier molecular flexibility index (Phi) is 2.04. The van der Waals surface area contributed by atoms with Gasteiger partial charge in [-0.05, 0) is 18.4 Å². The summed E-state index contributed by atoms with van der Waals surface area (Å²) >= 11 is 0. The molecule has 0 spiro atoms. The highest BCUT2D eigenvalue weighted by atomic mass is 16.1. The number of hydrogen-bond acceptors (Lipinski definition) is 1. The summed E-state index contributed by atoms with van der Waals surface area (Å²) in [6.45, 7) is 2.15. The molecule has 0 aliphatic heterocycles. The van der Waals surface area contributed by atoms with Gasteiger partial charge in [-0.1, -0.05) is 19.4 Å². The molecule has 0 bridgehead atoms. The van der Waals surface area contributed by atoms with Crippen molar-refractivity contribution in [3.63, 3.8) is 0 Å². The lowest BCUT2D eigenvalue weighted by Crippen LogP contribution is -1.94. The van der Waals surface area contributed by atoms with Crippen molar-refractivity contribution in [2.24, 2.45) is 5.92 Å². The first kappa shape index (κ1) is 6.53. The zero-order valence-electron chi connectivity index (χ0n) is 5.76. The van der Waals surface area contributed by atoms with Gasteiger partial charge in [0.1, 0.15) is 0 Å². The molecule has 0 radical (unpaired) electrons. The predicted molar refractivity (Wildman–Crippen MR) is 37.2 cm³/mol. The van der Waals surface area contributed by atoms with Crippen LogP contribution in [0, 0.1) is 5.92 Å². The fraction of sp³-hybridized carbons (Fsp3) is 0.625. The number of rotatable bonds is 2. The number of carbonyl (C=O) groups is 1. The van der Waals surface area contributed by atoms with Crippen LogP contribution >= 0.6 is 0 Å². The molecule has 0 aromatic rings. The molecule has 0 saturated carbocycles. The van der Waals surface area contributed by atoms with Gasteiger partial charge in [0.15, 0.2) is 5.78 Å². The van der Waals surface area contributed by atoms with Crippen molar-refractivity contribution in [2.75, 3.05) is 0 Å². The van der Waals surface area contributed by atoms with Crippen LogP contribution in [0.3, 0.4) is 0 Å². The molecular weight excluding hydrogens is 112 g/mol. The van der Waals surface area contributed by atoms with Crippen molar-refractivity contribution >= 4 is 5.78 Å². The third-order valence-electron chi connectivity index (χ3n) is 1.68. The SMILES string of the molecule is CCC[C@H]1C=CC(=O)C1. The first-order valence-corrected chi connectivity index (χ1v) is 3.54. The lowest BCUT2D eigenvalue weighted by atomic mass is 10.0. The summed E-state index contributed by atoms with van der Waals surface area (Å²) < 4.78 is 0. The standard InChI is InChI=1S/C8H12O/c1-2-3-7-4-5-8(9)6-7/h4-5,7H,2-3,6H2,1H3/t7-/m0/s1. The van der Waals surface area contributed by atoms with Gasteiger partial charge in [-0.2, -0.15) is 0 Å². The molecule has 0 aromatic heterocycles. The van der Waals surface area contributed by atoms with E-state index >= 15 is 0 Å². The van der Waals surface area contributed by atoms with Crippen LogP contribution in [-0.4, -0.2) is 5.78 Å². The van der Waals surface area contributed by atoms with Crippen LogP contribution in [0.15, 0.2) is 12.2 Å². The molecule has 1 aliphatic carbocycles. The molecule has 1 heteroatoms. The second-order valence-electron chi connectivity index (χ2n) is 2.58. The Hall–Kier alpha value is -0.590. The van der Waals surface area contributed by atoms with E-state index in [1.807, 2.05) is 6.08 Å². The smallest absolute Gasteiger partial charge is 0.155 e. The van der Waals surface area contributed by atoms with Crippen LogP contribution in [-0.2, 0) is 4.79 Å². The zero-order chi connectivity index (χ0) is 6.69. The van der Waals surface area contributed by atoms with Gasteiger partial charge in [0.25, 0.3) is 0 Å². The summed E-state index contributed by atoms with van der Waals surface area (Å²) in [5.74, 6) is 0.857. The second-order valence-corrected chi connectivity index (χ2v) is 2.58. The molecule has 0 heterocycles. The van der Waals surface area contributed by atoms with Crippen LogP contribution in [0.1, 0.15) is 26.2 Å². The Morgan fingerprint density at radius 2 is 2.56 bits per heavy atom. The molecule has 9 heavy (non-hydrogen) atoms. The zero-order valence-corrected chi connectivity index (χ0v) is 5.76. The summed E-state index contributed by atoms with van der Waals surface area (Å²) in [5, 5.41) is 0. The lowest BCUT2D eigenvalue weighted by molar-refractivity contribution is -0.114. The molecule has 0 saturated heterocycles. The van der Waals surface area contributed by atoms with Gasteiger partial charge < -0.3 is 0 Å². The fourth-order valence-corrected chi connectivity index (χ4v) is 1.21. The summed E-state index contributed by atoms with van der Waals surface area (Å²) in [5.41, 5.74) is 0. The van der Waals surface area contributed by atoms with Crippen molar-refractivity contribution in [2.45, 2.75) is 26.2 Å². The van der Waals surface area contributed by atoms with Crippen LogP contribution in [0.2, 0.25) is 0 Å². The second kappa shape index (κ2) is 2.81. The molecule has 1 atom stereocenters. The van der Waals surface area contributed by atoms with Gasteiger partial charge in [-0.25, -0.2) is 0 Å². The van der Waals surface area contributed by atoms with E-state index in [-0.39, 0.29) is 0 Å². The van der Waals surface area contributed by atoms with Gasteiger partial charge in [-0.3, -0.25) is 4.79 Å². The van der Waals surface area contributed by atoms with Crippen molar-refractivity contribution in [3.8, 4) is 0 Å². The Labute approximate surface area is 55.8 Å². The Morgan fingerprint density at radius 3 is 3.00 bits per heavy atom. The van der Waals surface area contributed by atoms with E-state index < -0.39 is 0 Å². The highest BCUT2D eigenvalue weighted by Gasteiger charge is 2.13. The van der Waals surface area contributed by atoms with Gasteiger partial charge in [0.05, 0.1) is 0 Å². The molecule has 0 fully saturated rings. The Bertz CT molecular complexity index is 136. The Balaban J connectivity index is 2.32. The van der Waals surface area contributed by atoms with Crippen LogP contribution in [0.4, 0.5) is 0 Å². The van der Waals surface area contributed by atoms with E-state index in [4.69, 9.17) is 0 Å². The quantitative estimate of drug-likeness (QED) is 0.549. The van der Waals surface area contributed by atoms with Gasteiger partial charge >= 0.3 is 0 Å². The molecule has 0 unspecified atom stereocenters. The molecule has 0 aromatic carbocycles. The summed E-state index contributed by atoms with van der Waals surface area (Å²) in [4.78, 5) is 10.6. The fourth-order valence-electron chi connectivity index (χ4n) is 1.21. The van der Waals surface area contributed by atoms with E-state index in [2.05, 4.69) is 6.92 Å².